The summed E-state index contributed by atoms with van der Waals surface area (Å²) >= 11 is 10.0. The molecule has 1 aromatic carbocycles. The second-order valence-corrected chi connectivity index (χ2v) is 8.27. The van der Waals surface area contributed by atoms with Crippen LogP contribution in [-0.2, 0) is 9.59 Å². The summed E-state index contributed by atoms with van der Waals surface area (Å²) in [5, 5.41) is 2.70. The van der Waals surface area contributed by atoms with Gasteiger partial charge in [-0.05, 0) is 71.8 Å². The van der Waals surface area contributed by atoms with Gasteiger partial charge in [0.05, 0.1) is 9.47 Å². The van der Waals surface area contributed by atoms with Crippen LogP contribution in [0.4, 0.5) is 5.69 Å². The Morgan fingerprint density at radius 3 is 2.58 bits per heavy atom. The summed E-state index contributed by atoms with van der Waals surface area (Å²) in [4.78, 5) is 27.3. The minimum Gasteiger partial charge on any atom is -0.298 e. The van der Waals surface area contributed by atoms with Crippen molar-refractivity contribution in [1.29, 1.82) is 0 Å². The number of amides is 2. The molecule has 0 saturated carbocycles. The van der Waals surface area contributed by atoms with Crippen LogP contribution in [0.25, 0.3) is 6.08 Å². The van der Waals surface area contributed by atoms with Crippen molar-refractivity contribution < 1.29 is 9.59 Å². The van der Waals surface area contributed by atoms with E-state index in [0.29, 0.717) is 5.69 Å². The molecular formula is C17H13BrN2O2S2. The first-order valence-electron chi connectivity index (χ1n) is 7.11. The van der Waals surface area contributed by atoms with Crippen molar-refractivity contribution in [2.75, 3.05) is 4.90 Å². The van der Waals surface area contributed by atoms with Gasteiger partial charge in [-0.1, -0.05) is 17.7 Å². The van der Waals surface area contributed by atoms with Crippen LogP contribution in [0.5, 0.6) is 0 Å². The molecule has 0 spiro atoms. The van der Waals surface area contributed by atoms with Gasteiger partial charge in [0.15, 0.2) is 5.11 Å². The number of aryl methyl sites for hydroxylation is 2. The quantitative estimate of drug-likeness (QED) is 0.454. The molecule has 0 radical (unpaired) electrons. The van der Waals surface area contributed by atoms with E-state index in [1.807, 2.05) is 44.2 Å². The zero-order valence-electron chi connectivity index (χ0n) is 12.9. The van der Waals surface area contributed by atoms with Crippen LogP contribution in [0.15, 0.2) is 39.7 Å². The summed E-state index contributed by atoms with van der Waals surface area (Å²) in [6.07, 6.45) is 1.59. The van der Waals surface area contributed by atoms with Gasteiger partial charge in [0.2, 0.25) is 0 Å². The maximum atomic E-state index is 12.9. The number of carbonyl (C=O) groups is 2. The lowest BCUT2D eigenvalue weighted by atomic mass is 10.1. The molecule has 2 heterocycles. The molecule has 2 aromatic rings. The topological polar surface area (TPSA) is 49.4 Å². The van der Waals surface area contributed by atoms with E-state index < -0.39 is 11.8 Å². The largest absolute Gasteiger partial charge is 0.298 e. The summed E-state index contributed by atoms with van der Waals surface area (Å²) in [7, 11) is 0. The Morgan fingerprint density at radius 2 is 1.96 bits per heavy atom. The van der Waals surface area contributed by atoms with Gasteiger partial charge >= 0.3 is 0 Å². The van der Waals surface area contributed by atoms with Crippen LogP contribution in [0, 0.1) is 13.8 Å². The van der Waals surface area contributed by atoms with Crippen LogP contribution in [-0.4, -0.2) is 16.9 Å². The van der Waals surface area contributed by atoms with E-state index >= 15 is 0 Å². The lowest BCUT2D eigenvalue weighted by Crippen LogP contribution is -2.54. The molecule has 0 bridgehead atoms. The molecule has 1 aromatic heterocycles. The lowest BCUT2D eigenvalue weighted by Gasteiger charge is -2.30. The molecule has 0 unspecified atom stereocenters. The van der Waals surface area contributed by atoms with E-state index in [4.69, 9.17) is 12.2 Å². The maximum absolute atomic E-state index is 12.9. The Bertz CT molecular complexity index is 902. The molecule has 2 amide bonds. The highest BCUT2D eigenvalue weighted by Crippen LogP contribution is 2.28. The molecule has 1 fully saturated rings. The number of rotatable bonds is 2. The summed E-state index contributed by atoms with van der Waals surface area (Å²) < 4.78 is 0.930. The number of nitrogens with one attached hydrogen (secondary N) is 1. The zero-order chi connectivity index (χ0) is 17.4. The van der Waals surface area contributed by atoms with Crippen LogP contribution in [0.1, 0.15) is 16.0 Å². The summed E-state index contributed by atoms with van der Waals surface area (Å²) in [6, 6.07) is 9.44. The molecule has 0 atom stereocenters. The first-order chi connectivity index (χ1) is 11.4. The van der Waals surface area contributed by atoms with Crippen LogP contribution >= 0.6 is 39.5 Å². The van der Waals surface area contributed by atoms with Crippen molar-refractivity contribution in [3.8, 4) is 0 Å². The van der Waals surface area contributed by atoms with Crippen LogP contribution < -0.4 is 10.2 Å². The Hall–Kier alpha value is -1.83. The molecule has 0 aliphatic carbocycles. The number of hydrogen-bond acceptors (Lipinski definition) is 4. The molecule has 3 rings (SSSR count). The molecule has 4 nitrogen and oxygen atoms in total. The Morgan fingerprint density at radius 1 is 1.21 bits per heavy atom. The van der Waals surface area contributed by atoms with Crippen molar-refractivity contribution in [3.63, 3.8) is 0 Å². The normalized spacial score (nSPS) is 16.7. The zero-order valence-corrected chi connectivity index (χ0v) is 16.1. The van der Waals surface area contributed by atoms with Gasteiger partial charge in [0.25, 0.3) is 11.8 Å². The van der Waals surface area contributed by atoms with E-state index in [1.54, 1.807) is 6.08 Å². The summed E-state index contributed by atoms with van der Waals surface area (Å²) in [5.41, 5.74) is 2.75. The fourth-order valence-electron chi connectivity index (χ4n) is 2.48. The van der Waals surface area contributed by atoms with Crippen molar-refractivity contribution in [2.24, 2.45) is 0 Å². The maximum Gasteiger partial charge on any atom is 0.270 e. The number of thiocarbonyl (C=S) groups is 1. The number of halogens is 1. The lowest BCUT2D eigenvalue weighted by molar-refractivity contribution is -0.122. The molecule has 7 heteroatoms. The first kappa shape index (κ1) is 17.0. The molecule has 1 aliphatic heterocycles. The number of benzene rings is 1. The van der Waals surface area contributed by atoms with E-state index in [0.717, 1.165) is 19.8 Å². The monoisotopic (exact) mass is 420 g/mol. The number of hydrogen-bond donors (Lipinski definition) is 1. The Labute approximate surface area is 157 Å². The van der Waals surface area contributed by atoms with E-state index in [9.17, 15) is 9.59 Å². The molecule has 1 N–H and O–H groups in total. The molecule has 122 valence electrons. The third kappa shape index (κ3) is 3.19. The highest BCUT2D eigenvalue weighted by atomic mass is 79.9. The molecule has 1 aliphatic rings. The SMILES string of the molecule is Cc1ccc(N2C(=O)/C(=C\c3ccc(Br)s3)C(=O)NC2=S)c(C)c1. The second kappa shape index (κ2) is 6.58. The van der Waals surface area contributed by atoms with Crippen molar-refractivity contribution >= 4 is 68.2 Å². The minimum absolute atomic E-state index is 0.0675. The first-order valence-corrected chi connectivity index (χ1v) is 9.12. The van der Waals surface area contributed by atoms with Crippen LogP contribution in [0.2, 0.25) is 0 Å². The summed E-state index contributed by atoms with van der Waals surface area (Å²) in [5.74, 6) is -0.893. The van der Waals surface area contributed by atoms with Gasteiger partial charge in [-0.25, -0.2) is 0 Å². The number of nitrogens with zero attached hydrogens (tertiary/aromatic N) is 1. The third-order valence-corrected chi connectivity index (χ3v) is 5.43. The van der Waals surface area contributed by atoms with E-state index in [1.165, 1.54) is 16.2 Å². The minimum atomic E-state index is -0.476. The van der Waals surface area contributed by atoms with Gasteiger partial charge in [0, 0.05) is 4.88 Å². The van der Waals surface area contributed by atoms with Gasteiger partial charge in [-0.3, -0.25) is 19.8 Å². The molecule has 24 heavy (non-hydrogen) atoms. The molecule has 1 saturated heterocycles. The van der Waals surface area contributed by atoms with Crippen LogP contribution in [0.3, 0.4) is 0 Å². The highest BCUT2D eigenvalue weighted by Gasteiger charge is 2.35. The predicted octanol–water partition coefficient (Wildman–Crippen LogP) is 3.96. The van der Waals surface area contributed by atoms with Crippen molar-refractivity contribution in [2.45, 2.75) is 13.8 Å². The fraction of sp³-hybridized carbons (Fsp3) is 0.118. The average molecular weight is 421 g/mol. The van der Waals surface area contributed by atoms with Gasteiger partial charge in [-0.2, -0.15) is 0 Å². The predicted molar refractivity (Wildman–Crippen MR) is 104 cm³/mol. The standard InChI is InChI=1S/C17H13BrN2O2S2/c1-9-3-5-13(10(2)7-9)20-16(22)12(15(21)19-17(20)23)8-11-4-6-14(18)24-11/h3-8H,1-2H3,(H,19,21,23)/b12-8-. The Balaban J connectivity index is 2.04. The van der Waals surface area contributed by atoms with Gasteiger partial charge < -0.3 is 0 Å². The average Bonchev–Trinajstić information content (AvgIpc) is 2.91. The van der Waals surface area contributed by atoms with Crippen molar-refractivity contribution in [3.05, 3.63) is 55.7 Å². The Kier molecular flexibility index (Phi) is 4.67. The number of thiophene rings is 1. The summed E-state index contributed by atoms with van der Waals surface area (Å²) in [6.45, 7) is 3.89. The number of anilines is 1. The molecular weight excluding hydrogens is 408 g/mol. The van der Waals surface area contributed by atoms with Gasteiger partial charge in [0.1, 0.15) is 5.57 Å². The van der Waals surface area contributed by atoms with Gasteiger partial charge in [-0.15, -0.1) is 11.3 Å². The fourth-order valence-corrected chi connectivity index (χ4v) is 4.12. The third-order valence-electron chi connectivity index (χ3n) is 3.58. The number of carbonyl (C=O) groups excluding carboxylic acids is 2. The smallest absolute Gasteiger partial charge is 0.270 e. The second-order valence-electron chi connectivity index (χ2n) is 5.39. The van der Waals surface area contributed by atoms with E-state index in [-0.39, 0.29) is 10.7 Å². The van der Waals surface area contributed by atoms with E-state index in [2.05, 4.69) is 21.2 Å². The van der Waals surface area contributed by atoms with Crippen molar-refractivity contribution in [1.82, 2.24) is 5.32 Å². The highest BCUT2D eigenvalue weighted by molar-refractivity contribution is 9.11.